The highest BCUT2D eigenvalue weighted by Gasteiger charge is 2.80. The van der Waals surface area contributed by atoms with Gasteiger partial charge in [-0.05, 0) is 107 Å². The fourth-order valence-electron chi connectivity index (χ4n) is 13.5. The average molecular weight is 765 g/mol. The molecule has 4 aliphatic carbocycles. The lowest BCUT2D eigenvalue weighted by atomic mass is 9.40. The fourth-order valence-corrected chi connectivity index (χ4v) is 13.5. The summed E-state index contributed by atoms with van der Waals surface area (Å²) < 4.78 is 37.3. The van der Waals surface area contributed by atoms with Crippen LogP contribution in [0.4, 0.5) is 0 Å². The molecule has 1 spiro atoms. The minimum Gasteiger partial charge on any atom is -0.456 e. The molecule has 13 nitrogen and oxygen atoms in total. The van der Waals surface area contributed by atoms with Crippen molar-refractivity contribution in [3.63, 3.8) is 0 Å². The van der Waals surface area contributed by atoms with E-state index < -0.39 is 83.3 Å². The highest BCUT2D eigenvalue weighted by Crippen LogP contribution is 2.76. The Labute approximate surface area is 318 Å². The summed E-state index contributed by atoms with van der Waals surface area (Å²) in [5.41, 5.74) is -2.08. The molecule has 306 valence electrons. The maximum absolute atomic E-state index is 14.4. The molecule has 6 N–H and O–H groups in total. The summed E-state index contributed by atoms with van der Waals surface area (Å²) in [6, 6.07) is 0. The number of rotatable bonds is 5. The number of carbonyl (C=O) groups excluding carboxylic acids is 1. The first-order valence-corrected chi connectivity index (χ1v) is 20.4. The van der Waals surface area contributed by atoms with Crippen LogP contribution >= 0.6 is 0 Å². The number of esters is 1. The summed E-state index contributed by atoms with van der Waals surface area (Å²) in [4.78, 5) is 14.4. The molecule has 19 atom stereocenters. The molecule has 8 rings (SSSR count). The smallest absolute Gasteiger partial charge is 0.316 e. The van der Waals surface area contributed by atoms with E-state index in [1.54, 1.807) is 0 Å². The van der Waals surface area contributed by atoms with Crippen LogP contribution < -0.4 is 0 Å². The predicted octanol–water partition coefficient (Wildman–Crippen LogP) is 2.49. The number of ether oxygens (including phenoxy) is 6. The van der Waals surface area contributed by atoms with Gasteiger partial charge in [-0.15, -0.1) is 0 Å². The third-order valence-corrected chi connectivity index (χ3v) is 16.5. The van der Waals surface area contributed by atoms with Gasteiger partial charge in [0.15, 0.2) is 12.6 Å². The fraction of sp³-hybridized carbons (Fsp3) is 0.927. The van der Waals surface area contributed by atoms with E-state index in [1.807, 2.05) is 13.0 Å². The average Bonchev–Trinajstić information content (AvgIpc) is 3.72. The van der Waals surface area contributed by atoms with E-state index in [1.165, 1.54) is 12.5 Å². The number of hydrogen-bond donors (Lipinski definition) is 6. The molecule has 4 heterocycles. The first-order chi connectivity index (χ1) is 25.1. The van der Waals surface area contributed by atoms with E-state index in [-0.39, 0.29) is 53.6 Å². The molecule has 0 bridgehead atoms. The predicted molar refractivity (Wildman–Crippen MR) is 191 cm³/mol. The molecular weight excluding hydrogens is 700 g/mol. The first-order valence-electron chi connectivity index (χ1n) is 20.4. The molecule has 0 amide bonds. The van der Waals surface area contributed by atoms with Gasteiger partial charge in [0.1, 0.15) is 47.6 Å². The van der Waals surface area contributed by atoms with E-state index in [4.69, 9.17) is 28.4 Å². The first kappa shape index (κ1) is 39.6. The van der Waals surface area contributed by atoms with Gasteiger partial charge in [0.05, 0.1) is 36.6 Å². The van der Waals surface area contributed by atoms with Crippen molar-refractivity contribution in [3.05, 3.63) is 11.6 Å². The van der Waals surface area contributed by atoms with Crippen LogP contribution in [0.25, 0.3) is 0 Å². The van der Waals surface area contributed by atoms with Gasteiger partial charge in [-0.2, -0.15) is 0 Å². The Morgan fingerprint density at radius 3 is 2.17 bits per heavy atom. The maximum Gasteiger partial charge on any atom is 0.316 e. The van der Waals surface area contributed by atoms with Gasteiger partial charge >= 0.3 is 5.97 Å². The van der Waals surface area contributed by atoms with Crippen molar-refractivity contribution in [2.75, 3.05) is 6.61 Å². The molecule has 7 fully saturated rings. The van der Waals surface area contributed by atoms with Crippen LogP contribution in [0.5, 0.6) is 0 Å². The Morgan fingerprint density at radius 1 is 0.759 bits per heavy atom. The van der Waals surface area contributed by atoms with Crippen molar-refractivity contribution >= 4 is 5.97 Å². The summed E-state index contributed by atoms with van der Waals surface area (Å²) in [6.45, 7) is 16.5. The van der Waals surface area contributed by atoms with E-state index >= 15 is 0 Å². The van der Waals surface area contributed by atoms with Gasteiger partial charge in [0, 0.05) is 5.92 Å². The lowest BCUT2D eigenvalue weighted by Crippen LogP contribution is -2.64. The lowest BCUT2D eigenvalue weighted by molar-refractivity contribution is -0.363. The third-order valence-electron chi connectivity index (χ3n) is 16.5. The van der Waals surface area contributed by atoms with Crippen LogP contribution in [0.3, 0.4) is 0 Å². The quantitative estimate of drug-likeness (QED) is 0.136. The van der Waals surface area contributed by atoms with Gasteiger partial charge < -0.3 is 59.1 Å². The maximum atomic E-state index is 14.4. The molecule has 8 aliphatic rings. The van der Waals surface area contributed by atoms with Crippen molar-refractivity contribution in [1.82, 2.24) is 0 Å². The minimum absolute atomic E-state index is 0.102. The minimum atomic E-state index is -1.61. The number of fused-ring (bicyclic) bond motifs is 4. The van der Waals surface area contributed by atoms with Crippen molar-refractivity contribution in [2.45, 2.75) is 192 Å². The topological polar surface area (TPSA) is 194 Å². The van der Waals surface area contributed by atoms with E-state index in [0.717, 1.165) is 44.9 Å². The zero-order chi connectivity index (χ0) is 39.1. The summed E-state index contributed by atoms with van der Waals surface area (Å²) >= 11 is 0. The van der Waals surface area contributed by atoms with E-state index in [0.29, 0.717) is 6.42 Å². The standard InChI is InChI=1S/C41H64O13/c1-19-28(44)30(46)31(47)33(50-19)52-32-29(45)22(42)18-49-34(32)51-26-13-15-38(6)21-17-25(43)41-24(40(8,54-35(41)48)27-12-14-36(2,3)53-27)11-16-39(41,7)20(21)9-10-23(38)37(26,4)5/h17,19-20,22-34,42-47H,9-16,18H2,1-8H3/t19?,20?,22?,23?,24-,25+,26+,27-,28?,29?,30?,31?,32?,33?,34?,38-,39+,40-,41?/m1/s1. The molecule has 0 aromatic heterocycles. The Kier molecular flexibility index (Phi) is 9.45. The van der Waals surface area contributed by atoms with Gasteiger partial charge in [-0.3, -0.25) is 4.79 Å². The second-order valence-corrected chi connectivity index (χ2v) is 20.0. The number of carbonyl (C=O) groups is 1. The number of cyclic esters (lactones) is 1. The van der Waals surface area contributed by atoms with Crippen LogP contribution in [-0.4, -0.2) is 128 Å². The SMILES string of the molecule is CC1OC(OC2C(O[C@H]3CC[C@]4(C)C5=C[C@H](O)C67C(=O)O[C@@](C)([C@H]8CCC(C)(C)O8)[C@H]6CC[C@@]7(C)C5CCC4C3(C)C)OCC(O)C2O)C(O)C(O)C1O. The number of hydrogen-bond acceptors (Lipinski definition) is 13. The summed E-state index contributed by atoms with van der Waals surface area (Å²) in [6.07, 6.45) is -4.86. The molecule has 0 aromatic rings. The largest absolute Gasteiger partial charge is 0.456 e. The lowest BCUT2D eigenvalue weighted by Gasteiger charge is -2.64. The van der Waals surface area contributed by atoms with Crippen molar-refractivity contribution in [1.29, 1.82) is 0 Å². The van der Waals surface area contributed by atoms with Crippen molar-refractivity contribution < 1.29 is 63.9 Å². The van der Waals surface area contributed by atoms with E-state index in [2.05, 4.69) is 41.5 Å². The molecule has 3 saturated carbocycles. The van der Waals surface area contributed by atoms with Crippen LogP contribution in [0.1, 0.15) is 107 Å². The monoisotopic (exact) mass is 764 g/mol. The Morgan fingerprint density at radius 2 is 1.48 bits per heavy atom. The molecule has 4 saturated heterocycles. The number of allylic oxidation sites excluding steroid dienone is 1. The molecule has 0 radical (unpaired) electrons. The Bertz CT molecular complexity index is 1520. The van der Waals surface area contributed by atoms with Crippen LogP contribution in [0, 0.1) is 39.4 Å². The molecule has 12 unspecified atom stereocenters. The van der Waals surface area contributed by atoms with Gasteiger partial charge in [0.2, 0.25) is 0 Å². The molecular formula is C41H64O13. The molecule has 54 heavy (non-hydrogen) atoms. The number of aliphatic hydroxyl groups is 6. The van der Waals surface area contributed by atoms with Gasteiger partial charge in [-0.25, -0.2) is 0 Å². The van der Waals surface area contributed by atoms with Crippen molar-refractivity contribution in [3.8, 4) is 0 Å². The van der Waals surface area contributed by atoms with Gasteiger partial charge in [0.25, 0.3) is 0 Å². The Hall–Kier alpha value is -1.23. The highest BCUT2D eigenvalue weighted by molar-refractivity contribution is 5.84. The zero-order valence-corrected chi connectivity index (χ0v) is 33.1. The third kappa shape index (κ3) is 5.32. The van der Waals surface area contributed by atoms with E-state index in [9.17, 15) is 35.4 Å². The second-order valence-electron chi connectivity index (χ2n) is 20.0. The summed E-state index contributed by atoms with van der Waals surface area (Å²) in [7, 11) is 0. The Balaban J connectivity index is 1.05. The zero-order valence-electron chi connectivity index (χ0n) is 33.1. The molecule has 0 aromatic carbocycles. The van der Waals surface area contributed by atoms with Crippen LogP contribution in [0.15, 0.2) is 11.6 Å². The molecule has 4 aliphatic heterocycles. The molecule has 13 heteroatoms. The number of aliphatic hydroxyl groups excluding tert-OH is 6. The second kappa shape index (κ2) is 12.9. The van der Waals surface area contributed by atoms with Gasteiger partial charge in [-0.1, -0.05) is 39.3 Å². The summed E-state index contributed by atoms with van der Waals surface area (Å²) in [5.74, 6) is -0.191. The summed E-state index contributed by atoms with van der Waals surface area (Å²) in [5, 5.41) is 65.3. The highest BCUT2D eigenvalue weighted by atomic mass is 16.8. The van der Waals surface area contributed by atoms with Crippen LogP contribution in [-0.2, 0) is 33.2 Å². The normalized spacial score (nSPS) is 56.3. The van der Waals surface area contributed by atoms with Crippen LogP contribution in [0.2, 0.25) is 0 Å². The van der Waals surface area contributed by atoms with Crippen molar-refractivity contribution in [2.24, 2.45) is 39.4 Å².